The molecule has 0 bridgehead atoms. The highest BCUT2D eigenvalue weighted by atomic mass is 35.5. The number of hydrogen-bond acceptors (Lipinski definition) is 4. The van der Waals surface area contributed by atoms with Crippen molar-refractivity contribution < 1.29 is 4.79 Å². The topological polar surface area (TPSA) is 66.9 Å². The lowest BCUT2D eigenvalue weighted by atomic mass is 10.3. The largest absolute Gasteiger partial charge is 0.348 e. The fourth-order valence-corrected chi connectivity index (χ4v) is 1.84. The van der Waals surface area contributed by atoms with E-state index in [-0.39, 0.29) is 5.91 Å². The number of nitrogens with one attached hydrogen (secondary N) is 2. The van der Waals surface area contributed by atoms with E-state index in [4.69, 9.17) is 11.6 Å². The average molecular weight is 289 g/mol. The van der Waals surface area contributed by atoms with Crippen molar-refractivity contribution in [3.05, 3.63) is 47.4 Å². The Morgan fingerprint density at radius 3 is 2.65 bits per heavy atom. The van der Waals surface area contributed by atoms with Crippen LogP contribution in [0.25, 0.3) is 0 Å². The molecule has 0 radical (unpaired) electrons. The molecule has 1 aliphatic rings. The molecule has 5 nitrogen and oxygen atoms in total. The third kappa shape index (κ3) is 3.24. The molecule has 0 atom stereocenters. The summed E-state index contributed by atoms with van der Waals surface area (Å²) in [5.41, 5.74) is 1.21. The highest BCUT2D eigenvalue weighted by Crippen LogP contribution is 2.20. The van der Waals surface area contributed by atoms with Gasteiger partial charge in [0.25, 0.3) is 5.91 Å². The van der Waals surface area contributed by atoms with E-state index >= 15 is 0 Å². The second-order valence-electron chi connectivity index (χ2n) is 4.67. The summed E-state index contributed by atoms with van der Waals surface area (Å²) in [7, 11) is 0. The van der Waals surface area contributed by atoms with Gasteiger partial charge in [0.15, 0.2) is 0 Å². The van der Waals surface area contributed by atoms with Crippen LogP contribution in [-0.4, -0.2) is 21.9 Å². The Labute approximate surface area is 121 Å². The van der Waals surface area contributed by atoms with Crippen LogP contribution in [-0.2, 0) is 0 Å². The van der Waals surface area contributed by atoms with Crippen LogP contribution in [0.15, 0.2) is 36.7 Å². The first kappa shape index (κ1) is 12.9. The Balaban J connectivity index is 1.73. The predicted molar refractivity (Wildman–Crippen MR) is 77.3 cm³/mol. The number of carbonyl (C=O) groups is 1. The number of anilines is 2. The average Bonchev–Trinajstić information content (AvgIpc) is 3.26. The third-order valence-corrected chi connectivity index (χ3v) is 3.18. The fourth-order valence-electron chi connectivity index (χ4n) is 1.72. The highest BCUT2D eigenvalue weighted by molar-refractivity contribution is 6.30. The summed E-state index contributed by atoms with van der Waals surface area (Å²) in [4.78, 5) is 20.0. The Kier molecular flexibility index (Phi) is 3.52. The zero-order valence-corrected chi connectivity index (χ0v) is 11.4. The zero-order valence-electron chi connectivity index (χ0n) is 10.6. The SMILES string of the molecule is O=C(NC1CC1)c1cc(Nc2ccc(Cl)cc2)ncn1. The summed E-state index contributed by atoms with van der Waals surface area (Å²) in [5.74, 6) is 0.414. The molecule has 102 valence electrons. The molecule has 1 aromatic heterocycles. The van der Waals surface area contributed by atoms with Gasteiger partial charge in [-0.05, 0) is 37.1 Å². The first-order valence-corrected chi connectivity index (χ1v) is 6.74. The van der Waals surface area contributed by atoms with Crippen molar-refractivity contribution in [3.8, 4) is 0 Å². The number of nitrogens with zero attached hydrogens (tertiary/aromatic N) is 2. The molecule has 0 spiro atoms. The first-order chi connectivity index (χ1) is 9.70. The molecule has 6 heteroatoms. The van der Waals surface area contributed by atoms with E-state index in [0.29, 0.717) is 22.6 Å². The standard InChI is InChI=1S/C14H13ClN4O/c15-9-1-3-10(4-2-9)18-13-7-12(16-8-17-13)14(20)19-11-5-6-11/h1-4,7-8,11H,5-6H2,(H,19,20)(H,16,17,18). The maximum Gasteiger partial charge on any atom is 0.270 e. The van der Waals surface area contributed by atoms with Gasteiger partial charge in [-0.3, -0.25) is 4.79 Å². The number of benzene rings is 1. The van der Waals surface area contributed by atoms with Crippen molar-refractivity contribution in [1.82, 2.24) is 15.3 Å². The minimum Gasteiger partial charge on any atom is -0.348 e. The van der Waals surface area contributed by atoms with Gasteiger partial charge < -0.3 is 10.6 Å². The van der Waals surface area contributed by atoms with E-state index in [9.17, 15) is 4.79 Å². The van der Waals surface area contributed by atoms with Crippen molar-refractivity contribution in [2.75, 3.05) is 5.32 Å². The van der Waals surface area contributed by atoms with E-state index in [1.165, 1.54) is 6.33 Å². The van der Waals surface area contributed by atoms with Crippen molar-refractivity contribution in [2.24, 2.45) is 0 Å². The predicted octanol–water partition coefficient (Wildman–Crippen LogP) is 2.77. The van der Waals surface area contributed by atoms with Crippen LogP contribution >= 0.6 is 11.6 Å². The van der Waals surface area contributed by atoms with Crippen molar-refractivity contribution >= 4 is 29.0 Å². The van der Waals surface area contributed by atoms with Gasteiger partial charge in [-0.1, -0.05) is 11.6 Å². The summed E-state index contributed by atoms with van der Waals surface area (Å²) < 4.78 is 0. The minimum absolute atomic E-state index is 0.158. The maximum atomic E-state index is 11.9. The molecule has 2 N–H and O–H groups in total. The van der Waals surface area contributed by atoms with Crippen LogP contribution in [0.3, 0.4) is 0 Å². The van der Waals surface area contributed by atoms with E-state index in [0.717, 1.165) is 18.5 Å². The molecule has 1 aromatic carbocycles. The van der Waals surface area contributed by atoms with Gasteiger partial charge >= 0.3 is 0 Å². The molecule has 1 aliphatic carbocycles. The van der Waals surface area contributed by atoms with Crippen LogP contribution in [0, 0.1) is 0 Å². The Bertz CT molecular complexity index is 625. The summed E-state index contributed by atoms with van der Waals surface area (Å²) in [6.07, 6.45) is 3.47. The second kappa shape index (κ2) is 5.46. The van der Waals surface area contributed by atoms with Gasteiger partial charge in [-0.15, -0.1) is 0 Å². The summed E-state index contributed by atoms with van der Waals surface area (Å²) in [6, 6.07) is 9.19. The van der Waals surface area contributed by atoms with Gasteiger partial charge in [0.05, 0.1) is 0 Å². The Morgan fingerprint density at radius 1 is 1.20 bits per heavy atom. The smallest absolute Gasteiger partial charge is 0.270 e. The second-order valence-corrected chi connectivity index (χ2v) is 5.10. The monoisotopic (exact) mass is 288 g/mol. The van der Waals surface area contributed by atoms with Gasteiger partial charge in [0.2, 0.25) is 0 Å². The number of rotatable bonds is 4. The molecule has 1 saturated carbocycles. The molecule has 0 aliphatic heterocycles. The van der Waals surface area contributed by atoms with Crippen molar-refractivity contribution in [2.45, 2.75) is 18.9 Å². The molecule has 0 saturated heterocycles. The van der Waals surface area contributed by atoms with Crippen molar-refractivity contribution in [1.29, 1.82) is 0 Å². The molecule has 3 rings (SSSR count). The van der Waals surface area contributed by atoms with Crippen LogP contribution < -0.4 is 10.6 Å². The van der Waals surface area contributed by atoms with Crippen LogP contribution in [0.5, 0.6) is 0 Å². The Hall–Kier alpha value is -2.14. The van der Waals surface area contributed by atoms with E-state index < -0.39 is 0 Å². The Morgan fingerprint density at radius 2 is 1.95 bits per heavy atom. The molecule has 20 heavy (non-hydrogen) atoms. The molecular formula is C14H13ClN4O. The van der Waals surface area contributed by atoms with Gasteiger partial charge in [-0.2, -0.15) is 0 Å². The molecule has 1 heterocycles. The number of halogens is 1. The maximum absolute atomic E-state index is 11.9. The molecule has 1 amide bonds. The van der Waals surface area contributed by atoms with Crippen molar-refractivity contribution in [3.63, 3.8) is 0 Å². The van der Waals surface area contributed by atoms with Crippen LogP contribution in [0.1, 0.15) is 23.3 Å². The number of hydrogen-bond donors (Lipinski definition) is 2. The zero-order chi connectivity index (χ0) is 13.9. The number of aromatic nitrogens is 2. The van der Waals surface area contributed by atoms with Gasteiger partial charge in [0.1, 0.15) is 17.8 Å². The van der Waals surface area contributed by atoms with E-state index in [2.05, 4.69) is 20.6 Å². The van der Waals surface area contributed by atoms with Gasteiger partial charge in [-0.25, -0.2) is 9.97 Å². The lowest BCUT2D eigenvalue weighted by molar-refractivity contribution is 0.0946. The summed E-state index contributed by atoms with van der Waals surface area (Å²) >= 11 is 5.83. The minimum atomic E-state index is -0.158. The quantitative estimate of drug-likeness (QED) is 0.908. The molecular weight excluding hydrogens is 276 g/mol. The summed E-state index contributed by atoms with van der Waals surface area (Å²) in [6.45, 7) is 0. The van der Waals surface area contributed by atoms with E-state index in [1.54, 1.807) is 18.2 Å². The lowest BCUT2D eigenvalue weighted by Crippen LogP contribution is -2.26. The summed E-state index contributed by atoms with van der Waals surface area (Å²) in [5, 5.41) is 6.67. The van der Waals surface area contributed by atoms with E-state index in [1.807, 2.05) is 12.1 Å². The number of amides is 1. The fraction of sp³-hybridized carbons (Fsp3) is 0.214. The number of carbonyl (C=O) groups excluding carboxylic acids is 1. The molecule has 0 unspecified atom stereocenters. The lowest BCUT2D eigenvalue weighted by Gasteiger charge is -2.07. The third-order valence-electron chi connectivity index (χ3n) is 2.93. The molecule has 2 aromatic rings. The highest BCUT2D eigenvalue weighted by Gasteiger charge is 2.24. The normalized spacial score (nSPS) is 13.8. The van der Waals surface area contributed by atoms with Crippen LogP contribution in [0.4, 0.5) is 11.5 Å². The molecule has 1 fully saturated rings. The van der Waals surface area contributed by atoms with Crippen LogP contribution in [0.2, 0.25) is 5.02 Å². The first-order valence-electron chi connectivity index (χ1n) is 6.36. The van der Waals surface area contributed by atoms with Gasteiger partial charge in [0, 0.05) is 22.8 Å².